The maximum Gasteiger partial charge on any atom is 0.336 e. The van der Waals surface area contributed by atoms with Crippen molar-refractivity contribution >= 4 is 23.0 Å². The summed E-state index contributed by atoms with van der Waals surface area (Å²) in [4.78, 5) is 26.3. The number of nitro benzene ring substituents is 1. The van der Waals surface area contributed by atoms with E-state index in [-0.39, 0.29) is 17.0 Å². The average molecular weight is 308 g/mol. The fourth-order valence-corrected chi connectivity index (χ4v) is 2.49. The number of hydrogen-bond donors (Lipinski definition) is 1. The van der Waals surface area contributed by atoms with E-state index in [1.165, 1.54) is 23.5 Å². The molecule has 21 heavy (non-hydrogen) atoms. The Morgan fingerprint density at radius 1 is 1.48 bits per heavy atom. The average Bonchev–Trinajstić information content (AvgIpc) is 2.84. The van der Waals surface area contributed by atoms with Crippen LogP contribution in [0.4, 0.5) is 5.69 Å². The van der Waals surface area contributed by atoms with Gasteiger partial charge < -0.3 is 9.84 Å². The highest BCUT2D eigenvalue weighted by Gasteiger charge is 2.14. The lowest BCUT2D eigenvalue weighted by Crippen LogP contribution is -2.04. The van der Waals surface area contributed by atoms with Crippen LogP contribution in [0.25, 0.3) is 0 Å². The van der Waals surface area contributed by atoms with Crippen LogP contribution in [0.15, 0.2) is 23.7 Å². The summed E-state index contributed by atoms with van der Waals surface area (Å²) >= 11 is 1.51. The van der Waals surface area contributed by atoms with E-state index in [2.05, 4.69) is 4.98 Å². The molecule has 0 saturated heterocycles. The Kier molecular flexibility index (Phi) is 4.49. The summed E-state index contributed by atoms with van der Waals surface area (Å²) in [6, 6.07) is 3.49. The standard InChI is InChI=1S/C13H12N2O5S/c1-8-12(21-7-14-8)2-3-20-11-5-9(13(16)17)4-10(6-11)15(18)19/h4-7H,2-3H2,1H3,(H,16,17). The molecule has 0 unspecified atom stereocenters. The molecule has 7 nitrogen and oxygen atoms in total. The topological polar surface area (TPSA) is 103 Å². The molecule has 0 saturated carbocycles. The molecule has 1 N–H and O–H groups in total. The van der Waals surface area contributed by atoms with Gasteiger partial charge in [-0.05, 0) is 13.0 Å². The maximum atomic E-state index is 10.9. The van der Waals surface area contributed by atoms with Crippen molar-refractivity contribution in [1.29, 1.82) is 0 Å². The minimum Gasteiger partial charge on any atom is -0.493 e. The molecular formula is C13H12N2O5S. The van der Waals surface area contributed by atoms with Crippen LogP contribution in [-0.4, -0.2) is 27.6 Å². The molecule has 1 aromatic carbocycles. The zero-order chi connectivity index (χ0) is 15.4. The Morgan fingerprint density at radius 2 is 2.24 bits per heavy atom. The third-order valence-electron chi connectivity index (χ3n) is 2.79. The van der Waals surface area contributed by atoms with Crippen LogP contribution in [0.3, 0.4) is 0 Å². The van der Waals surface area contributed by atoms with E-state index in [9.17, 15) is 14.9 Å². The van der Waals surface area contributed by atoms with Crippen LogP contribution in [0.1, 0.15) is 20.9 Å². The number of carbonyl (C=O) groups is 1. The molecule has 2 rings (SSSR count). The Hall–Kier alpha value is -2.48. The van der Waals surface area contributed by atoms with Crippen molar-refractivity contribution in [3.8, 4) is 5.75 Å². The maximum absolute atomic E-state index is 10.9. The summed E-state index contributed by atoms with van der Waals surface area (Å²) in [5.74, 6) is -1.06. The van der Waals surface area contributed by atoms with Gasteiger partial charge in [-0.1, -0.05) is 0 Å². The van der Waals surface area contributed by atoms with E-state index in [0.717, 1.165) is 16.6 Å². The largest absolute Gasteiger partial charge is 0.493 e. The summed E-state index contributed by atoms with van der Waals surface area (Å²) < 4.78 is 5.43. The van der Waals surface area contributed by atoms with Gasteiger partial charge in [0.05, 0.1) is 34.4 Å². The lowest BCUT2D eigenvalue weighted by atomic mass is 10.2. The molecule has 1 aromatic heterocycles. The first-order chi connectivity index (χ1) is 9.97. The SMILES string of the molecule is Cc1ncsc1CCOc1cc(C(=O)O)cc([N+](=O)[O-])c1. The predicted octanol–water partition coefficient (Wildman–Crippen LogP) is 2.68. The van der Waals surface area contributed by atoms with Crippen molar-refractivity contribution in [2.24, 2.45) is 0 Å². The molecule has 110 valence electrons. The molecule has 0 atom stereocenters. The van der Waals surface area contributed by atoms with Crippen LogP contribution >= 0.6 is 11.3 Å². The second kappa shape index (κ2) is 6.31. The van der Waals surface area contributed by atoms with Gasteiger partial charge in [0.1, 0.15) is 5.75 Å². The van der Waals surface area contributed by atoms with Gasteiger partial charge in [0.2, 0.25) is 0 Å². The normalized spacial score (nSPS) is 10.3. The highest BCUT2D eigenvalue weighted by Crippen LogP contribution is 2.23. The van der Waals surface area contributed by atoms with Crippen LogP contribution in [0, 0.1) is 17.0 Å². The molecular weight excluding hydrogens is 296 g/mol. The highest BCUT2D eigenvalue weighted by atomic mass is 32.1. The predicted molar refractivity (Wildman–Crippen MR) is 76.1 cm³/mol. The second-order valence-electron chi connectivity index (χ2n) is 4.24. The third kappa shape index (κ3) is 3.76. The van der Waals surface area contributed by atoms with Crippen molar-refractivity contribution in [2.45, 2.75) is 13.3 Å². The van der Waals surface area contributed by atoms with Crippen LogP contribution in [0.5, 0.6) is 5.75 Å². The molecule has 1 heterocycles. The fraction of sp³-hybridized carbons (Fsp3) is 0.231. The van der Waals surface area contributed by atoms with E-state index in [1.54, 1.807) is 5.51 Å². The first-order valence-corrected chi connectivity index (χ1v) is 6.90. The molecule has 0 fully saturated rings. The number of nitro groups is 1. The van der Waals surface area contributed by atoms with E-state index in [4.69, 9.17) is 9.84 Å². The molecule has 0 radical (unpaired) electrons. The number of carboxylic acids is 1. The van der Waals surface area contributed by atoms with Gasteiger partial charge in [0, 0.05) is 17.4 Å². The number of aromatic nitrogens is 1. The molecule has 0 bridgehead atoms. The highest BCUT2D eigenvalue weighted by molar-refractivity contribution is 7.09. The Morgan fingerprint density at radius 3 is 2.81 bits per heavy atom. The Bertz CT molecular complexity index is 651. The first kappa shape index (κ1) is 14.9. The van der Waals surface area contributed by atoms with Crippen molar-refractivity contribution in [1.82, 2.24) is 4.98 Å². The summed E-state index contributed by atoms with van der Waals surface area (Å²) in [5.41, 5.74) is 2.18. The first-order valence-electron chi connectivity index (χ1n) is 6.02. The van der Waals surface area contributed by atoms with Gasteiger partial charge in [-0.15, -0.1) is 11.3 Å². The Balaban J connectivity index is 2.10. The zero-order valence-corrected chi connectivity index (χ0v) is 11.9. The number of benzene rings is 1. The number of non-ortho nitro benzene ring substituents is 1. The number of aryl methyl sites for hydroxylation is 1. The van der Waals surface area contributed by atoms with Gasteiger partial charge >= 0.3 is 5.97 Å². The number of hydrogen-bond acceptors (Lipinski definition) is 6. The molecule has 8 heteroatoms. The van der Waals surface area contributed by atoms with Crippen LogP contribution < -0.4 is 4.74 Å². The minimum atomic E-state index is -1.23. The van der Waals surface area contributed by atoms with E-state index in [1.807, 2.05) is 6.92 Å². The van der Waals surface area contributed by atoms with Crippen LogP contribution in [-0.2, 0) is 6.42 Å². The van der Waals surface area contributed by atoms with Gasteiger partial charge in [-0.2, -0.15) is 0 Å². The summed E-state index contributed by atoms with van der Waals surface area (Å²) in [6.07, 6.45) is 0.613. The molecule has 2 aromatic rings. The number of ether oxygens (including phenoxy) is 1. The number of nitrogens with zero attached hydrogens (tertiary/aromatic N) is 2. The Labute approximate surface area is 124 Å². The van der Waals surface area contributed by atoms with Crippen molar-refractivity contribution in [3.05, 3.63) is 50.0 Å². The molecule has 0 aliphatic carbocycles. The van der Waals surface area contributed by atoms with Crippen molar-refractivity contribution < 1.29 is 19.6 Å². The van der Waals surface area contributed by atoms with E-state index in [0.29, 0.717) is 13.0 Å². The monoisotopic (exact) mass is 308 g/mol. The molecule has 0 aliphatic rings. The zero-order valence-electron chi connectivity index (χ0n) is 11.1. The lowest BCUT2D eigenvalue weighted by Gasteiger charge is -2.06. The second-order valence-corrected chi connectivity index (χ2v) is 5.18. The van der Waals surface area contributed by atoms with Gasteiger partial charge in [0.15, 0.2) is 0 Å². The van der Waals surface area contributed by atoms with Crippen molar-refractivity contribution in [2.75, 3.05) is 6.61 Å². The smallest absolute Gasteiger partial charge is 0.336 e. The summed E-state index contributed by atoms with van der Waals surface area (Å²) in [6.45, 7) is 2.19. The number of carboxylic acid groups (broad SMARTS) is 1. The van der Waals surface area contributed by atoms with Gasteiger partial charge in [0.25, 0.3) is 5.69 Å². The van der Waals surface area contributed by atoms with Crippen LogP contribution in [0.2, 0.25) is 0 Å². The van der Waals surface area contributed by atoms with Gasteiger partial charge in [-0.3, -0.25) is 10.1 Å². The fourth-order valence-electron chi connectivity index (χ4n) is 1.72. The third-order valence-corrected chi connectivity index (χ3v) is 3.79. The number of rotatable bonds is 6. The van der Waals surface area contributed by atoms with Crippen molar-refractivity contribution in [3.63, 3.8) is 0 Å². The minimum absolute atomic E-state index is 0.170. The van der Waals surface area contributed by atoms with Gasteiger partial charge in [-0.25, -0.2) is 9.78 Å². The number of thiazole rings is 1. The van der Waals surface area contributed by atoms with E-state index >= 15 is 0 Å². The number of aromatic carboxylic acids is 1. The molecule has 0 spiro atoms. The molecule has 0 amide bonds. The van der Waals surface area contributed by atoms with E-state index < -0.39 is 10.9 Å². The summed E-state index contributed by atoms with van der Waals surface area (Å²) in [7, 11) is 0. The quantitative estimate of drug-likeness (QED) is 0.650. The molecule has 0 aliphatic heterocycles. The lowest BCUT2D eigenvalue weighted by molar-refractivity contribution is -0.385. The summed E-state index contributed by atoms with van der Waals surface area (Å²) in [5, 5.41) is 19.7.